The first-order valence-corrected chi connectivity index (χ1v) is 4.62. The lowest BCUT2D eigenvalue weighted by molar-refractivity contribution is -0.378. The maximum Gasteiger partial charge on any atom is 0.395 e. The molecule has 21 heavy (non-hydrogen) atoms. The number of hydrogen-bond acceptors (Lipinski definition) is 0. The van der Waals surface area contributed by atoms with Crippen molar-refractivity contribution in [1.82, 2.24) is 0 Å². The van der Waals surface area contributed by atoms with Crippen LogP contribution in [0.4, 0.5) is 57.1 Å². The maximum absolute atomic E-state index is 12.7. The molecule has 1 radical (unpaired) electrons. The summed E-state index contributed by atoms with van der Waals surface area (Å²) in [6.45, 7) is 0. The lowest BCUT2D eigenvalue weighted by atomic mass is 9.95. The molecule has 0 N–H and O–H groups in total. The van der Waals surface area contributed by atoms with E-state index in [2.05, 4.69) is 0 Å². The fraction of sp³-hybridized carbons (Fsp3) is 0.875. The molecule has 0 atom stereocenters. The monoisotopic (exact) mass is 347 g/mol. The van der Waals surface area contributed by atoms with Crippen LogP contribution in [0.25, 0.3) is 0 Å². The van der Waals surface area contributed by atoms with Gasteiger partial charge in [-0.1, -0.05) is 0 Å². The summed E-state index contributed by atoms with van der Waals surface area (Å²) in [5.41, 5.74) is 0. The van der Waals surface area contributed by atoms with Crippen molar-refractivity contribution in [2.75, 3.05) is 0 Å². The molecule has 0 aromatic heterocycles. The highest BCUT2D eigenvalue weighted by Gasteiger charge is 2.81. The van der Waals surface area contributed by atoms with Gasteiger partial charge in [0.1, 0.15) is 6.42 Å². The summed E-state index contributed by atoms with van der Waals surface area (Å²) in [7, 11) is 0. The highest BCUT2D eigenvalue weighted by Crippen LogP contribution is 2.56. The normalized spacial score (nSPS) is 15.7. The third-order valence-corrected chi connectivity index (χ3v) is 2.09. The SMILES string of the molecule is F[C](F)CC(F)(F)C(F)(F)C(F)(F)C(F)(F)CC(F)(F)F. The molecule has 0 saturated heterocycles. The van der Waals surface area contributed by atoms with Gasteiger partial charge in [-0.05, 0) is 0 Å². The molecule has 0 fully saturated rings. The Labute approximate surface area is 107 Å². The topological polar surface area (TPSA) is 0 Å². The second kappa shape index (κ2) is 5.38. The molecule has 0 aliphatic carbocycles. The van der Waals surface area contributed by atoms with Gasteiger partial charge in [0.05, 0.1) is 6.42 Å². The number of rotatable bonds is 6. The van der Waals surface area contributed by atoms with Crippen LogP contribution in [0, 0.1) is 6.43 Å². The van der Waals surface area contributed by atoms with Crippen LogP contribution >= 0.6 is 0 Å². The van der Waals surface area contributed by atoms with E-state index < -0.39 is 49.1 Å². The summed E-state index contributed by atoms with van der Waals surface area (Å²) in [5, 5.41) is 0. The average molecular weight is 347 g/mol. The van der Waals surface area contributed by atoms with Gasteiger partial charge in [-0.3, -0.25) is 0 Å². The van der Waals surface area contributed by atoms with Gasteiger partial charge < -0.3 is 0 Å². The van der Waals surface area contributed by atoms with E-state index in [-0.39, 0.29) is 0 Å². The van der Waals surface area contributed by atoms with Crippen molar-refractivity contribution in [1.29, 1.82) is 0 Å². The largest absolute Gasteiger partial charge is 0.395 e. The van der Waals surface area contributed by atoms with Crippen molar-refractivity contribution in [2.45, 2.75) is 42.7 Å². The molecule has 0 aliphatic heterocycles. The fourth-order valence-corrected chi connectivity index (χ4v) is 1.10. The number of halogens is 13. The summed E-state index contributed by atoms with van der Waals surface area (Å²) in [5.74, 6) is -27.4. The molecule has 0 amide bonds. The Bertz CT molecular complexity index is 352. The van der Waals surface area contributed by atoms with E-state index in [0.717, 1.165) is 0 Å². The zero-order valence-corrected chi connectivity index (χ0v) is 9.33. The highest BCUT2D eigenvalue weighted by atomic mass is 19.4. The molecule has 0 heterocycles. The van der Waals surface area contributed by atoms with Gasteiger partial charge >= 0.3 is 36.3 Å². The summed E-state index contributed by atoms with van der Waals surface area (Å²) < 4.78 is 159. The first-order valence-electron chi connectivity index (χ1n) is 4.62. The van der Waals surface area contributed by atoms with E-state index in [1.54, 1.807) is 0 Å². The van der Waals surface area contributed by atoms with E-state index in [0.29, 0.717) is 0 Å². The van der Waals surface area contributed by atoms with Gasteiger partial charge in [0.2, 0.25) is 0 Å². The fourth-order valence-electron chi connectivity index (χ4n) is 1.10. The van der Waals surface area contributed by atoms with E-state index in [9.17, 15) is 57.1 Å². The van der Waals surface area contributed by atoms with Gasteiger partial charge in [0.25, 0.3) is 0 Å². The molecule has 0 unspecified atom stereocenters. The molecule has 0 saturated carbocycles. The van der Waals surface area contributed by atoms with Crippen LogP contribution in [0.15, 0.2) is 0 Å². The quantitative estimate of drug-likeness (QED) is 0.572. The van der Waals surface area contributed by atoms with E-state index in [1.807, 2.05) is 0 Å². The molecule has 0 spiro atoms. The van der Waals surface area contributed by atoms with Gasteiger partial charge in [-0.2, -0.15) is 57.1 Å². The molecule has 0 bridgehead atoms. The summed E-state index contributed by atoms with van der Waals surface area (Å²) in [6, 6.07) is 0. The van der Waals surface area contributed by atoms with Crippen LogP contribution in [0.3, 0.4) is 0 Å². The Morgan fingerprint density at radius 2 is 0.905 bits per heavy atom. The zero-order valence-electron chi connectivity index (χ0n) is 9.33. The molecular formula is C8H4F13. The summed E-state index contributed by atoms with van der Waals surface area (Å²) >= 11 is 0. The summed E-state index contributed by atoms with van der Waals surface area (Å²) in [4.78, 5) is 0. The van der Waals surface area contributed by atoms with E-state index in [4.69, 9.17) is 0 Å². The van der Waals surface area contributed by atoms with E-state index >= 15 is 0 Å². The molecule has 127 valence electrons. The van der Waals surface area contributed by atoms with Crippen LogP contribution in [0.1, 0.15) is 12.8 Å². The van der Waals surface area contributed by atoms with Gasteiger partial charge in [-0.25, -0.2) is 0 Å². The van der Waals surface area contributed by atoms with Crippen molar-refractivity contribution in [3.63, 3.8) is 0 Å². The molecule has 0 aromatic carbocycles. The van der Waals surface area contributed by atoms with Crippen molar-refractivity contribution < 1.29 is 57.1 Å². The second-order valence-electron chi connectivity index (χ2n) is 3.87. The molecule has 13 heteroatoms. The lowest BCUT2D eigenvalue weighted by Gasteiger charge is -2.36. The minimum atomic E-state index is -7.21. The third kappa shape index (κ3) is 4.05. The first kappa shape index (κ1) is 20.1. The van der Waals surface area contributed by atoms with E-state index in [1.165, 1.54) is 0 Å². The Kier molecular flexibility index (Phi) is 5.14. The third-order valence-electron chi connectivity index (χ3n) is 2.09. The number of alkyl halides is 11. The van der Waals surface area contributed by atoms with Gasteiger partial charge in [-0.15, -0.1) is 0 Å². The second-order valence-corrected chi connectivity index (χ2v) is 3.87. The minimum Gasteiger partial charge on any atom is -0.200 e. The van der Waals surface area contributed by atoms with Crippen molar-refractivity contribution in [3.05, 3.63) is 6.43 Å². The Hall–Kier alpha value is -0.910. The van der Waals surface area contributed by atoms with Crippen LogP contribution in [0.2, 0.25) is 0 Å². The Morgan fingerprint density at radius 1 is 0.571 bits per heavy atom. The van der Waals surface area contributed by atoms with Crippen LogP contribution in [-0.2, 0) is 0 Å². The van der Waals surface area contributed by atoms with Crippen molar-refractivity contribution in [3.8, 4) is 0 Å². The predicted molar refractivity (Wildman–Crippen MR) is 40.5 cm³/mol. The summed E-state index contributed by atoms with van der Waals surface area (Å²) in [6.07, 6.45) is -16.7. The van der Waals surface area contributed by atoms with Gasteiger partial charge in [0, 0.05) is 0 Å². The van der Waals surface area contributed by atoms with Crippen molar-refractivity contribution >= 4 is 0 Å². The minimum absolute atomic E-state index is 3.31. The molecular weight excluding hydrogens is 343 g/mol. The standard InChI is InChI=1S/C8H4F13/c9-3(10)1-4(11,12)7(18,19)8(20,21)5(13,14)2-6(15,16)17/h1-2H2. The average Bonchev–Trinajstić information content (AvgIpc) is 2.10. The smallest absolute Gasteiger partial charge is 0.200 e. The van der Waals surface area contributed by atoms with Crippen LogP contribution in [-0.4, -0.2) is 29.9 Å². The zero-order chi connectivity index (χ0) is 17.5. The molecule has 0 rings (SSSR count). The van der Waals surface area contributed by atoms with Gasteiger partial charge in [0.15, 0.2) is 0 Å². The molecule has 0 aliphatic rings. The first-order chi connectivity index (χ1) is 8.87. The number of hydrogen-bond donors (Lipinski definition) is 0. The maximum atomic E-state index is 12.7. The van der Waals surface area contributed by atoms with Crippen molar-refractivity contribution in [2.24, 2.45) is 0 Å². The Balaban J connectivity index is 5.65. The lowest BCUT2D eigenvalue weighted by Crippen LogP contribution is -2.63. The van der Waals surface area contributed by atoms with Crippen LogP contribution in [0.5, 0.6) is 0 Å². The molecule has 0 aromatic rings. The predicted octanol–water partition coefficient (Wildman–Crippen LogP) is 5.30. The van der Waals surface area contributed by atoms with Crippen LogP contribution < -0.4 is 0 Å². The highest BCUT2D eigenvalue weighted by molar-refractivity contribution is 5.05. The Morgan fingerprint density at radius 3 is 1.19 bits per heavy atom. The molecule has 0 nitrogen and oxygen atoms in total.